The van der Waals surface area contributed by atoms with Crippen LogP contribution in [0.2, 0.25) is 5.02 Å². The van der Waals surface area contributed by atoms with Crippen molar-refractivity contribution in [3.63, 3.8) is 0 Å². The first kappa shape index (κ1) is 24.3. The Morgan fingerprint density at radius 1 is 0.909 bits per heavy atom. The summed E-state index contributed by atoms with van der Waals surface area (Å²) in [4.78, 5) is 25.5. The minimum absolute atomic E-state index is 0.0112. The van der Waals surface area contributed by atoms with Crippen LogP contribution < -0.4 is 15.4 Å². The lowest BCUT2D eigenvalue weighted by molar-refractivity contribution is 0.0940. The van der Waals surface area contributed by atoms with Crippen molar-refractivity contribution in [3.05, 3.63) is 88.9 Å². The highest BCUT2D eigenvalue weighted by Gasteiger charge is 2.18. The molecule has 172 valence electrons. The first-order chi connectivity index (χ1) is 15.7. The van der Waals surface area contributed by atoms with Gasteiger partial charge in [0.25, 0.3) is 21.8 Å². The highest BCUT2D eigenvalue weighted by Crippen LogP contribution is 2.25. The zero-order chi connectivity index (χ0) is 24.0. The first-order valence-electron chi connectivity index (χ1n) is 10.3. The Labute approximate surface area is 198 Å². The molecule has 0 saturated heterocycles. The van der Waals surface area contributed by atoms with Gasteiger partial charge in [0.05, 0.1) is 32.4 Å². The van der Waals surface area contributed by atoms with Crippen molar-refractivity contribution in [2.45, 2.75) is 31.2 Å². The maximum atomic E-state index is 12.8. The molecule has 1 unspecified atom stereocenters. The molecular weight excluding hydrogens is 462 g/mol. The predicted octanol–water partition coefficient (Wildman–Crippen LogP) is 4.92. The fourth-order valence-corrected chi connectivity index (χ4v) is 4.30. The van der Waals surface area contributed by atoms with Gasteiger partial charge in [0, 0.05) is 6.04 Å². The SMILES string of the molecule is CCC(C)NC(=O)c1ccccc1NC(=O)c1ccc(NS(=O)(=O)c2ccccc2)cc1Cl. The Bertz CT molecular complexity index is 1260. The molecule has 0 fully saturated rings. The molecule has 0 bridgehead atoms. The van der Waals surface area contributed by atoms with Crippen LogP contribution in [-0.2, 0) is 10.0 Å². The maximum absolute atomic E-state index is 12.8. The third-order valence-corrected chi connectivity index (χ3v) is 6.64. The van der Waals surface area contributed by atoms with E-state index in [1.54, 1.807) is 42.5 Å². The molecule has 0 aliphatic heterocycles. The van der Waals surface area contributed by atoms with E-state index in [9.17, 15) is 18.0 Å². The van der Waals surface area contributed by atoms with Crippen molar-refractivity contribution in [2.75, 3.05) is 10.0 Å². The van der Waals surface area contributed by atoms with Crippen molar-refractivity contribution >= 4 is 44.8 Å². The van der Waals surface area contributed by atoms with Crippen LogP contribution in [0.25, 0.3) is 0 Å². The van der Waals surface area contributed by atoms with Crippen LogP contribution in [0, 0.1) is 0 Å². The Balaban J connectivity index is 1.78. The average molecular weight is 486 g/mol. The maximum Gasteiger partial charge on any atom is 0.261 e. The van der Waals surface area contributed by atoms with Crippen LogP contribution >= 0.6 is 11.6 Å². The number of hydrogen-bond donors (Lipinski definition) is 3. The number of hydrogen-bond acceptors (Lipinski definition) is 4. The lowest BCUT2D eigenvalue weighted by atomic mass is 10.1. The number of amides is 2. The second kappa shape index (κ2) is 10.5. The van der Waals surface area contributed by atoms with Crippen LogP contribution in [0.1, 0.15) is 41.0 Å². The lowest BCUT2D eigenvalue weighted by Crippen LogP contribution is -2.32. The molecule has 9 heteroatoms. The minimum atomic E-state index is -3.79. The molecule has 0 aliphatic rings. The lowest BCUT2D eigenvalue weighted by Gasteiger charge is -2.15. The number of para-hydroxylation sites is 1. The molecule has 2 amide bonds. The summed E-state index contributed by atoms with van der Waals surface area (Å²) in [6.07, 6.45) is 0.774. The number of nitrogens with one attached hydrogen (secondary N) is 3. The zero-order valence-electron chi connectivity index (χ0n) is 18.1. The number of sulfonamides is 1. The highest BCUT2D eigenvalue weighted by molar-refractivity contribution is 7.92. The third-order valence-electron chi connectivity index (χ3n) is 4.93. The Morgan fingerprint density at radius 3 is 2.24 bits per heavy atom. The summed E-state index contributed by atoms with van der Waals surface area (Å²) >= 11 is 6.28. The molecule has 0 aromatic heterocycles. The molecule has 3 aromatic carbocycles. The topological polar surface area (TPSA) is 104 Å². The van der Waals surface area contributed by atoms with Crippen LogP contribution in [0.3, 0.4) is 0 Å². The molecule has 0 aliphatic carbocycles. The Hall–Kier alpha value is -3.36. The summed E-state index contributed by atoms with van der Waals surface area (Å²) in [6.45, 7) is 3.86. The minimum Gasteiger partial charge on any atom is -0.350 e. The molecule has 1 atom stereocenters. The molecule has 0 heterocycles. The van der Waals surface area contributed by atoms with Gasteiger partial charge in [-0.05, 0) is 55.8 Å². The summed E-state index contributed by atoms with van der Waals surface area (Å²) in [5.74, 6) is -0.821. The standard InChI is InChI=1S/C24H24ClN3O4S/c1-3-16(2)26-24(30)20-11-7-8-12-22(20)27-23(29)19-14-13-17(15-21(19)25)28-33(31,32)18-9-5-4-6-10-18/h4-16,28H,3H2,1-2H3,(H,26,30)(H,27,29). The normalized spacial score (nSPS) is 12.0. The van der Waals surface area contributed by atoms with Gasteiger partial charge >= 0.3 is 0 Å². The van der Waals surface area contributed by atoms with E-state index in [0.717, 1.165) is 6.42 Å². The third kappa shape index (κ3) is 6.12. The smallest absolute Gasteiger partial charge is 0.261 e. The number of halogens is 1. The molecule has 0 saturated carbocycles. The van der Waals surface area contributed by atoms with Gasteiger partial charge in [-0.15, -0.1) is 0 Å². The summed E-state index contributed by atoms with van der Waals surface area (Å²) in [5, 5.41) is 5.64. The molecule has 0 spiro atoms. The van der Waals surface area contributed by atoms with E-state index in [1.807, 2.05) is 13.8 Å². The summed E-state index contributed by atoms with van der Waals surface area (Å²) in [7, 11) is -3.79. The van der Waals surface area contributed by atoms with Gasteiger partial charge in [0.2, 0.25) is 0 Å². The molecular formula is C24H24ClN3O4S. The highest BCUT2D eigenvalue weighted by atomic mass is 35.5. The Morgan fingerprint density at radius 2 is 1.58 bits per heavy atom. The second-order valence-corrected chi connectivity index (χ2v) is 9.49. The molecule has 3 N–H and O–H groups in total. The van der Waals surface area contributed by atoms with E-state index < -0.39 is 15.9 Å². The molecule has 3 rings (SSSR count). The predicted molar refractivity (Wildman–Crippen MR) is 130 cm³/mol. The van der Waals surface area contributed by atoms with E-state index in [1.165, 1.54) is 30.3 Å². The number of anilines is 2. The summed E-state index contributed by atoms with van der Waals surface area (Å²) in [6, 6.07) is 18.8. The molecule has 3 aromatic rings. The van der Waals surface area contributed by atoms with Crippen LogP contribution in [0.5, 0.6) is 0 Å². The molecule has 7 nitrogen and oxygen atoms in total. The van der Waals surface area contributed by atoms with Gasteiger partial charge in [-0.1, -0.05) is 48.9 Å². The number of rotatable bonds is 8. The van der Waals surface area contributed by atoms with Crippen molar-refractivity contribution in [2.24, 2.45) is 0 Å². The van der Waals surface area contributed by atoms with E-state index in [0.29, 0.717) is 11.3 Å². The number of carbonyl (C=O) groups is 2. The molecule has 0 radical (unpaired) electrons. The van der Waals surface area contributed by atoms with Crippen LogP contribution in [0.15, 0.2) is 77.7 Å². The van der Waals surface area contributed by atoms with E-state index in [2.05, 4.69) is 15.4 Å². The fourth-order valence-electron chi connectivity index (χ4n) is 2.96. The summed E-state index contributed by atoms with van der Waals surface area (Å²) in [5.41, 5.74) is 1.02. The number of benzene rings is 3. The van der Waals surface area contributed by atoms with E-state index in [4.69, 9.17) is 11.6 Å². The largest absolute Gasteiger partial charge is 0.350 e. The van der Waals surface area contributed by atoms with Crippen molar-refractivity contribution in [1.82, 2.24) is 5.32 Å². The van der Waals surface area contributed by atoms with Crippen molar-refractivity contribution in [1.29, 1.82) is 0 Å². The van der Waals surface area contributed by atoms with Crippen molar-refractivity contribution < 1.29 is 18.0 Å². The van der Waals surface area contributed by atoms with Gasteiger partial charge in [0.15, 0.2) is 0 Å². The quantitative estimate of drug-likeness (QED) is 0.421. The fraction of sp³-hybridized carbons (Fsp3) is 0.167. The van der Waals surface area contributed by atoms with Gasteiger partial charge in [-0.3, -0.25) is 14.3 Å². The van der Waals surface area contributed by atoms with Crippen LogP contribution in [-0.4, -0.2) is 26.3 Å². The monoisotopic (exact) mass is 485 g/mol. The second-order valence-electron chi connectivity index (χ2n) is 7.40. The first-order valence-corrected chi connectivity index (χ1v) is 12.2. The molecule has 33 heavy (non-hydrogen) atoms. The van der Waals surface area contributed by atoms with Gasteiger partial charge < -0.3 is 10.6 Å². The van der Waals surface area contributed by atoms with Crippen LogP contribution in [0.4, 0.5) is 11.4 Å². The van der Waals surface area contributed by atoms with E-state index in [-0.39, 0.29) is 33.1 Å². The van der Waals surface area contributed by atoms with E-state index >= 15 is 0 Å². The number of carbonyl (C=O) groups excluding carboxylic acids is 2. The van der Waals surface area contributed by atoms with Gasteiger partial charge in [-0.2, -0.15) is 0 Å². The Kier molecular flexibility index (Phi) is 7.73. The average Bonchev–Trinajstić information content (AvgIpc) is 2.79. The van der Waals surface area contributed by atoms with Gasteiger partial charge in [0.1, 0.15) is 0 Å². The van der Waals surface area contributed by atoms with Crippen molar-refractivity contribution in [3.8, 4) is 0 Å². The summed E-state index contributed by atoms with van der Waals surface area (Å²) < 4.78 is 27.4. The van der Waals surface area contributed by atoms with Gasteiger partial charge in [-0.25, -0.2) is 8.42 Å². The zero-order valence-corrected chi connectivity index (χ0v) is 19.7.